The molecule has 0 saturated carbocycles. The number of hydrogen-bond donors (Lipinski definition) is 8. The van der Waals surface area contributed by atoms with E-state index in [-0.39, 0.29) is 60.4 Å². The number of nitriles is 1. The molecule has 0 saturated heterocycles. The predicted octanol–water partition coefficient (Wildman–Crippen LogP) is 2.19. The van der Waals surface area contributed by atoms with Crippen LogP contribution in [0.4, 0.5) is 0 Å². The molecule has 0 fully saturated rings. The summed E-state index contributed by atoms with van der Waals surface area (Å²) in [4.78, 5) is 80.7. The smallest absolute Gasteiger partial charge is 0.255 e. The van der Waals surface area contributed by atoms with Crippen LogP contribution in [0.5, 0.6) is 11.5 Å². The van der Waals surface area contributed by atoms with Gasteiger partial charge < -0.3 is 52.8 Å². The van der Waals surface area contributed by atoms with E-state index < -0.39 is 53.7 Å². The third-order valence-electron chi connectivity index (χ3n) is 11.2. The molecule has 0 unspecified atom stereocenters. The number of fused-ring (bicyclic) bond motifs is 5. The number of aromatic nitrogens is 2. The van der Waals surface area contributed by atoms with Crippen molar-refractivity contribution in [1.29, 1.82) is 5.26 Å². The first-order valence-corrected chi connectivity index (χ1v) is 21.9. The van der Waals surface area contributed by atoms with Gasteiger partial charge in [0.15, 0.2) is 5.82 Å². The number of nitrogens with one attached hydrogen (secondary N) is 5. The average molecular weight is 904 g/mol. The lowest BCUT2D eigenvalue weighted by molar-refractivity contribution is -0.141. The molecule has 4 atom stereocenters. The van der Waals surface area contributed by atoms with Gasteiger partial charge in [-0.25, -0.2) is 9.97 Å². The van der Waals surface area contributed by atoms with Gasteiger partial charge in [0.25, 0.3) is 5.91 Å². The van der Waals surface area contributed by atoms with Crippen LogP contribution in [0.25, 0.3) is 22.5 Å². The number of nitrogens with zero attached hydrogens (tertiary/aromatic N) is 4. The van der Waals surface area contributed by atoms with E-state index in [2.05, 4.69) is 57.3 Å². The molecule has 18 nitrogen and oxygen atoms in total. The zero-order valence-corrected chi connectivity index (χ0v) is 38.6. The molecule has 10 N–H and O–H groups in total. The van der Waals surface area contributed by atoms with Crippen molar-refractivity contribution in [1.82, 2.24) is 41.5 Å². The van der Waals surface area contributed by atoms with Gasteiger partial charge in [-0.1, -0.05) is 57.2 Å². The fourth-order valence-electron chi connectivity index (χ4n) is 7.66. The fourth-order valence-corrected chi connectivity index (χ4v) is 7.66. The van der Waals surface area contributed by atoms with Crippen LogP contribution in [0.2, 0.25) is 0 Å². The summed E-state index contributed by atoms with van der Waals surface area (Å²) in [6.07, 6.45) is -0.0456. The zero-order chi connectivity index (χ0) is 48.3. The molecule has 0 aliphatic carbocycles. The van der Waals surface area contributed by atoms with Gasteiger partial charge in [-0.2, -0.15) is 5.26 Å². The first-order valence-electron chi connectivity index (χ1n) is 21.9. The molecular formula is C48H61N11O7. The van der Waals surface area contributed by atoms with E-state index >= 15 is 0 Å². The first-order chi connectivity index (χ1) is 31.4. The number of likely N-dealkylation sites (N-methyl/N-ethyl adjacent to an activating group) is 1. The van der Waals surface area contributed by atoms with Crippen LogP contribution in [0.1, 0.15) is 78.6 Å². The van der Waals surface area contributed by atoms with Crippen molar-refractivity contribution in [2.75, 3.05) is 46.4 Å². The van der Waals surface area contributed by atoms with Gasteiger partial charge in [-0.05, 0) is 80.1 Å². The Hall–Kier alpha value is -6.94. The number of amides is 5. The molecule has 350 valence electrons. The molecule has 0 radical (unpaired) electrons. The quantitative estimate of drug-likeness (QED) is 0.0629. The van der Waals surface area contributed by atoms with Gasteiger partial charge >= 0.3 is 0 Å². The Balaban J connectivity index is 1.54. The number of benzene rings is 3. The fraction of sp³-hybridized carbons (Fsp3) is 0.417. The second kappa shape index (κ2) is 22.3. The summed E-state index contributed by atoms with van der Waals surface area (Å²) in [5, 5.41) is 34.3. The number of phenols is 1. The number of carbonyl (C=O) groups is 5. The summed E-state index contributed by atoms with van der Waals surface area (Å²) < 4.78 is 6.20. The molecule has 5 rings (SSSR count). The van der Waals surface area contributed by atoms with Crippen LogP contribution in [-0.2, 0) is 31.0 Å². The maximum Gasteiger partial charge on any atom is 0.255 e. The van der Waals surface area contributed by atoms with E-state index in [9.17, 15) is 29.1 Å². The standard InChI is InChI=1S/C48H61N11O7/c1-27-40(28(2)55-42(54-27)31-9-12-33(13-10-31)48(4,5)6)45(63)57-36(16-17-49)47(65)59(7)41-32-11-15-39(66-23-22-52-20-18-50)35(26-32)34-24-30(8-14-38(34)60)25-37(44(62)53-21-19-51)58-43(61)29(3)56-46(41)64/h8-15,24,26,29,36-37,41,52,60H,16-18,20-23,25,49-50H2,1-7H3,(H,53,62)(H,56,64)(H,57,63)(H,58,61)/t29-,36-,37-,41-/m0/s1. The van der Waals surface area contributed by atoms with Gasteiger partial charge in [0.1, 0.15) is 48.8 Å². The van der Waals surface area contributed by atoms with Gasteiger partial charge in [-0.3, -0.25) is 24.0 Å². The summed E-state index contributed by atoms with van der Waals surface area (Å²) in [6.45, 7) is 12.5. The molecule has 3 aromatic carbocycles. The number of aromatic hydroxyl groups is 1. The van der Waals surface area contributed by atoms with Crippen molar-refractivity contribution in [3.05, 3.63) is 94.3 Å². The second-order valence-corrected chi connectivity index (χ2v) is 17.2. The van der Waals surface area contributed by atoms with E-state index in [1.165, 1.54) is 20.0 Å². The third kappa shape index (κ3) is 12.2. The molecule has 2 heterocycles. The minimum absolute atomic E-state index is 0.00833. The first kappa shape index (κ1) is 50.1. The number of rotatable bonds is 15. The maximum absolute atomic E-state index is 14.7. The Kier molecular flexibility index (Phi) is 16.9. The van der Waals surface area contributed by atoms with E-state index in [4.69, 9.17) is 21.5 Å². The van der Waals surface area contributed by atoms with Crippen LogP contribution < -0.4 is 42.8 Å². The Morgan fingerprint density at radius 3 is 2.29 bits per heavy atom. The van der Waals surface area contributed by atoms with Crippen molar-refractivity contribution in [3.63, 3.8) is 0 Å². The summed E-state index contributed by atoms with van der Waals surface area (Å²) in [5.74, 6) is -2.81. The Labute approximate surface area is 385 Å². The molecule has 66 heavy (non-hydrogen) atoms. The van der Waals surface area contributed by atoms with E-state index in [0.717, 1.165) is 16.0 Å². The van der Waals surface area contributed by atoms with Crippen LogP contribution in [0.15, 0.2) is 60.7 Å². The normalized spacial score (nSPS) is 16.7. The molecule has 4 bridgehead atoms. The van der Waals surface area contributed by atoms with E-state index in [0.29, 0.717) is 53.7 Å². The SMILES string of the molecule is Cc1nc(-c2ccc(C(C)(C)C)cc2)nc(C)c1C(=O)N[C@@H](CCN)C(=O)N(C)[C@@H]1C(=O)N[C@@H](C)C(=O)N[C@H](C(=O)NCC#N)Cc2ccc(O)c(c2)-c2cc1ccc2OCCNCCN. The van der Waals surface area contributed by atoms with Crippen molar-refractivity contribution >= 4 is 29.5 Å². The highest BCUT2D eigenvalue weighted by atomic mass is 16.5. The van der Waals surface area contributed by atoms with Gasteiger partial charge in [0.05, 0.1) is 23.0 Å². The number of ether oxygens (including phenoxy) is 1. The molecule has 5 amide bonds. The van der Waals surface area contributed by atoms with Gasteiger partial charge in [-0.15, -0.1) is 0 Å². The minimum Gasteiger partial charge on any atom is -0.507 e. The summed E-state index contributed by atoms with van der Waals surface area (Å²) in [5.41, 5.74) is 15.9. The lowest BCUT2D eigenvalue weighted by Crippen LogP contribution is -2.56. The lowest BCUT2D eigenvalue weighted by atomic mass is 9.86. The largest absolute Gasteiger partial charge is 0.507 e. The maximum atomic E-state index is 14.7. The number of phenolic OH excluding ortho intramolecular Hbond substituents is 1. The highest BCUT2D eigenvalue weighted by Gasteiger charge is 2.36. The van der Waals surface area contributed by atoms with Gasteiger partial charge in [0.2, 0.25) is 23.6 Å². The van der Waals surface area contributed by atoms with Crippen LogP contribution in [0, 0.1) is 25.2 Å². The number of hydrogen-bond acceptors (Lipinski definition) is 13. The molecular weight excluding hydrogens is 843 g/mol. The van der Waals surface area contributed by atoms with Crippen molar-refractivity contribution in [3.8, 4) is 40.1 Å². The zero-order valence-electron chi connectivity index (χ0n) is 38.6. The molecule has 1 aromatic heterocycles. The van der Waals surface area contributed by atoms with Crippen molar-refractivity contribution in [2.45, 2.75) is 84.0 Å². The van der Waals surface area contributed by atoms with Crippen LogP contribution in [0.3, 0.4) is 0 Å². The highest BCUT2D eigenvalue weighted by Crippen LogP contribution is 2.39. The van der Waals surface area contributed by atoms with Gasteiger partial charge in [0, 0.05) is 49.8 Å². The summed E-state index contributed by atoms with van der Waals surface area (Å²) >= 11 is 0. The Morgan fingerprint density at radius 1 is 0.955 bits per heavy atom. The minimum atomic E-state index is -1.43. The van der Waals surface area contributed by atoms with E-state index in [1.807, 2.05) is 30.3 Å². The Morgan fingerprint density at radius 2 is 1.65 bits per heavy atom. The molecule has 18 heteroatoms. The van der Waals surface area contributed by atoms with Crippen molar-refractivity contribution < 1.29 is 33.8 Å². The average Bonchev–Trinajstić information content (AvgIpc) is 3.27. The third-order valence-corrected chi connectivity index (χ3v) is 11.2. The highest BCUT2D eigenvalue weighted by molar-refractivity contribution is 6.00. The van der Waals surface area contributed by atoms with Crippen molar-refractivity contribution in [2.24, 2.45) is 11.5 Å². The number of aryl methyl sites for hydroxylation is 2. The molecule has 1 aliphatic heterocycles. The number of nitrogens with two attached hydrogens (primary N) is 2. The van der Waals surface area contributed by atoms with E-state index in [1.54, 1.807) is 44.2 Å². The number of carbonyl (C=O) groups excluding carboxylic acids is 5. The Bertz CT molecular complexity index is 2440. The van der Waals surface area contributed by atoms with Crippen LogP contribution >= 0.6 is 0 Å². The second-order valence-electron chi connectivity index (χ2n) is 17.2. The summed E-state index contributed by atoms with van der Waals surface area (Å²) in [6, 6.07) is 14.2. The summed E-state index contributed by atoms with van der Waals surface area (Å²) in [7, 11) is 1.40. The molecule has 0 spiro atoms. The molecule has 1 aliphatic rings. The lowest BCUT2D eigenvalue weighted by Gasteiger charge is -2.32. The predicted molar refractivity (Wildman–Crippen MR) is 249 cm³/mol. The van der Waals surface area contributed by atoms with Crippen LogP contribution in [-0.4, -0.2) is 114 Å². The molecule has 4 aromatic rings. The monoisotopic (exact) mass is 903 g/mol. The topological polar surface area (TPSA) is 280 Å².